The zero-order valence-electron chi connectivity index (χ0n) is 22.3. The highest BCUT2D eigenvalue weighted by Crippen LogP contribution is 2.36. The number of hydrogen-bond acceptors (Lipinski definition) is 4. The topological polar surface area (TPSA) is 51.6 Å². The summed E-state index contributed by atoms with van der Waals surface area (Å²) in [6.45, 7) is 4.26. The molecular formula is C36H26N4. The van der Waals surface area contributed by atoms with Crippen molar-refractivity contribution in [3.63, 3.8) is 0 Å². The van der Waals surface area contributed by atoms with Crippen LogP contribution in [-0.4, -0.2) is 19.9 Å². The smallest absolute Gasteiger partial charge is 0.160 e. The van der Waals surface area contributed by atoms with Gasteiger partial charge in [-0.2, -0.15) is 0 Å². The van der Waals surface area contributed by atoms with Gasteiger partial charge in [0.25, 0.3) is 0 Å². The summed E-state index contributed by atoms with van der Waals surface area (Å²) in [5, 5.41) is 2.08. The summed E-state index contributed by atoms with van der Waals surface area (Å²) in [5.41, 5.74) is 10.1. The number of aromatic nitrogens is 4. The zero-order valence-corrected chi connectivity index (χ0v) is 22.3. The van der Waals surface area contributed by atoms with E-state index in [1.807, 2.05) is 60.7 Å². The van der Waals surface area contributed by atoms with E-state index < -0.39 is 0 Å². The lowest BCUT2D eigenvalue weighted by Gasteiger charge is -2.15. The molecule has 0 spiro atoms. The molecular weight excluding hydrogens is 488 g/mol. The van der Waals surface area contributed by atoms with Crippen LogP contribution in [0.3, 0.4) is 0 Å². The van der Waals surface area contributed by atoms with Crippen molar-refractivity contribution in [3.8, 4) is 45.3 Å². The Morgan fingerprint density at radius 2 is 0.875 bits per heavy atom. The van der Waals surface area contributed by atoms with E-state index in [0.29, 0.717) is 0 Å². The lowest BCUT2D eigenvalue weighted by atomic mass is 9.95. The third-order valence-corrected chi connectivity index (χ3v) is 7.35. The van der Waals surface area contributed by atoms with Crippen molar-refractivity contribution in [2.75, 3.05) is 0 Å². The number of fused-ring (bicyclic) bond motifs is 2. The maximum absolute atomic E-state index is 5.11. The van der Waals surface area contributed by atoms with Crippen LogP contribution in [0.1, 0.15) is 11.1 Å². The van der Waals surface area contributed by atoms with Gasteiger partial charge in [-0.25, -0.2) is 19.9 Å². The van der Waals surface area contributed by atoms with E-state index in [4.69, 9.17) is 19.9 Å². The fraction of sp³-hybridized carbons (Fsp3) is 0.0556. The van der Waals surface area contributed by atoms with Crippen molar-refractivity contribution < 1.29 is 0 Å². The predicted molar refractivity (Wildman–Crippen MR) is 164 cm³/mol. The van der Waals surface area contributed by atoms with Crippen LogP contribution in [0.5, 0.6) is 0 Å². The van der Waals surface area contributed by atoms with Crippen molar-refractivity contribution in [1.82, 2.24) is 19.9 Å². The fourth-order valence-corrected chi connectivity index (χ4v) is 5.32. The Morgan fingerprint density at radius 3 is 1.55 bits per heavy atom. The molecule has 0 fully saturated rings. The summed E-state index contributed by atoms with van der Waals surface area (Å²) in [7, 11) is 0. The highest BCUT2D eigenvalue weighted by molar-refractivity contribution is 5.96. The molecule has 2 heterocycles. The SMILES string of the molecule is Cc1cc(-c2nc(-c3ccccc3)nc3ccccc23)c(C)cc1-c1nc(-c2ccccc2)c2ccccc2n1. The van der Waals surface area contributed by atoms with Crippen molar-refractivity contribution in [1.29, 1.82) is 0 Å². The molecule has 0 unspecified atom stereocenters. The Bertz CT molecular complexity index is 2020. The first-order chi connectivity index (χ1) is 19.7. The summed E-state index contributed by atoms with van der Waals surface area (Å²) < 4.78 is 0. The molecule has 5 aromatic carbocycles. The molecule has 4 nitrogen and oxygen atoms in total. The lowest BCUT2D eigenvalue weighted by molar-refractivity contribution is 1.20. The molecule has 7 rings (SSSR count). The summed E-state index contributed by atoms with van der Waals surface area (Å²) in [4.78, 5) is 20.1. The van der Waals surface area contributed by atoms with Crippen LogP contribution in [0.15, 0.2) is 121 Å². The van der Waals surface area contributed by atoms with Crippen LogP contribution < -0.4 is 0 Å². The van der Waals surface area contributed by atoms with Crippen LogP contribution in [0.2, 0.25) is 0 Å². The molecule has 0 N–H and O–H groups in total. The highest BCUT2D eigenvalue weighted by atomic mass is 14.9. The molecule has 0 amide bonds. The molecule has 4 heteroatoms. The van der Waals surface area contributed by atoms with Gasteiger partial charge in [0.05, 0.1) is 22.4 Å². The number of nitrogens with zero attached hydrogens (tertiary/aromatic N) is 4. The number of aryl methyl sites for hydroxylation is 2. The van der Waals surface area contributed by atoms with Crippen LogP contribution in [0.25, 0.3) is 67.1 Å². The van der Waals surface area contributed by atoms with Gasteiger partial charge < -0.3 is 0 Å². The molecule has 0 saturated heterocycles. The highest BCUT2D eigenvalue weighted by Gasteiger charge is 2.17. The van der Waals surface area contributed by atoms with E-state index in [-0.39, 0.29) is 0 Å². The largest absolute Gasteiger partial charge is 0.228 e. The Balaban J connectivity index is 1.42. The first-order valence-corrected chi connectivity index (χ1v) is 13.4. The number of benzene rings is 5. The average Bonchev–Trinajstić information content (AvgIpc) is 3.02. The molecule has 0 aliphatic carbocycles. The van der Waals surface area contributed by atoms with Gasteiger partial charge in [0, 0.05) is 33.0 Å². The number of para-hydroxylation sites is 2. The van der Waals surface area contributed by atoms with Gasteiger partial charge in [0.15, 0.2) is 11.6 Å². The van der Waals surface area contributed by atoms with Crippen LogP contribution in [0.4, 0.5) is 0 Å². The second-order valence-corrected chi connectivity index (χ2v) is 10.0. The fourth-order valence-electron chi connectivity index (χ4n) is 5.32. The van der Waals surface area contributed by atoms with Crippen molar-refractivity contribution in [3.05, 3.63) is 132 Å². The maximum atomic E-state index is 5.11. The normalized spacial score (nSPS) is 11.2. The second kappa shape index (κ2) is 9.83. The second-order valence-electron chi connectivity index (χ2n) is 10.0. The van der Waals surface area contributed by atoms with E-state index in [9.17, 15) is 0 Å². The zero-order chi connectivity index (χ0) is 27.1. The van der Waals surface area contributed by atoms with E-state index in [1.165, 1.54) is 0 Å². The van der Waals surface area contributed by atoms with Crippen molar-refractivity contribution >= 4 is 21.8 Å². The minimum atomic E-state index is 0.723. The minimum Gasteiger partial charge on any atom is -0.228 e. The molecule has 7 aromatic rings. The van der Waals surface area contributed by atoms with Gasteiger partial charge in [-0.15, -0.1) is 0 Å². The summed E-state index contributed by atoms with van der Waals surface area (Å²) in [6.07, 6.45) is 0. The standard InChI is InChI=1S/C36H26N4/c1-23-22-30(36-38-31-19-11-9-17-27(31)33(39-36)25-13-5-3-6-14-25)24(2)21-29(23)34-28-18-10-12-20-32(28)37-35(40-34)26-15-7-4-8-16-26/h3-22H,1-2H3. The lowest BCUT2D eigenvalue weighted by Crippen LogP contribution is -2.00. The average molecular weight is 515 g/mol. The van der Waals surface area contributed by atoms with Gasteiger partial charge in [-0.05, 0) is 49.2 Å². The molecule has 0 radical (unpaired) electrons. The Labute approximate surface area is 233 Å². The molecule has 0 atom stereocenters. The van der Waals surface area contributed by atoms with Crippen molar-refractivity contribution in [2.24, 2.45) is 0 Å². The molecule has 0 bridgehead atoms. The van der Waals surface area contributed by atoms with Gasteiger partial charge in [0.2, 0.25) is 0 Å². The third kappa shape index (κ3) is 4.20. The molecule has 40 heavy (non-hydrogen) atoms. The summed E-state index contributed by atoms with van der Waals surface area (Å²) in [5.74, 6) is 1.45. The molecule has 0 aliphatic rings. The number of hydrogen-bond donors (Lipinski definition) is 0. The summed E-state index contributed by atoms with van der Waals surface area (Å²) in [6, 6.07) is 41.3. The number of rotatable bonds is 4. The van der Waals surface area contributed by atoms with Gasteiger partial charge in [-0.1, -0.05) is 97.1 Å². The Kier molecular flexibility index (Phi) is 5.86. The molecule has 2 aromatic heterocycles. The molecule has 0 aliphatic heterocycles. The Morgan fingerprint density at radius 1 is 0.400 bits per heavy atom. The maximum Gasteiger partial charge on any atom is 0.160 e. The Hall–Kier alpha value is -5.22. The van der Waals surface area contributed by atoms with Crippen LogP contribution in [0, 0.1) is 13.8 Å². The first-order valence-electron chi connectivity index (χ1n) is 13.4. The van der Waals surface area contributed by atoms with E-state index in [2.05, 4.69) is 74.5 Å². The monoisotopic (exact) mass is 514 g/mol. The summed E-state index contributed by atoms with van der Waals surface area (Å²) >= 11 is 0. The van der Waals surface area contributed by atoms with Gasteiger partial charge in [-0.3, -0.25) is 0 Å². The van der Waals surface area contributed by atoms with Gasteiger partial charge >= 0.3 is 0 Å². The van der Waals surface area contributed by atoms with Crippen LogP contribution >= 0.6 is 0 Å². The predicted octanol–water partition coefficient (Wildman–Crippen LogP) is 8.86. The van der Waals surface area contributed by atoms with Gasteiger partial charge in [0.1, 0.15) is 0 Å². The third-order valence-electron chi connectivity index (χ3n) is 7.35. The quantitative estimate of drug-likeness (QED) is 0.235. The van der Waals surface area contributed by atoms with Crippen molar-refractivity contribution in [2.45, 2.75) is 13.8 Å². The van der Waals surface area contributed by atoms with E-state index >= 15 is 0 Å². The molecule has 190 valence electrons. The first kappa shape index (κ1) is 23.9. The molecule has 0 saturated carbocycles. The van der Waals surface area contributed by atoms with Crippen LogP contribution in [-0.2, 0) is 0 Å². The van der Waals surface area contributed by atoms with E-state index in [1.54, 1.807) is 0 Å². The minimum absolute atomic E-state index is 0.723. The van der Waals surface area contributed by atoms with E-state index in [0.717, 1.165) is 78.2 Å².